The number of aliphatic hydroxyl groups is 1. The lowest BCUT2D eigenvalue weighted by atomic mass is 10.0. The fraction of sp³-hybridized carbons (Fsp3) is 0.452. The Bertz CT molecular complexity index is 1390. The zero-order valence-electron chi connectivity index (χ0n) is 23.9. The van der Waals surface area contributed by atoms with Gasteiger partial charge in [-0.05, 0) is 81.1 Å². The number of carbonyl (C=O) groups is 5. The van der Waals surface area contributed by atoms with Gasteiger partial charge in [0.15, 0.2) is 0 Å². The van der Waals surface area contributed by atoms with Gasteiger partial charge in [-0.15, -0.1) is 0 Å². The molecule has 0 radical (unpaired) electrons. The van der Waals surface area contributed by atoms with Crippen LogP contribution >= 0.6 is 0 Å². The SMILES string of the molecule is O=C1CCC(N2C(=O)c3ccc(OCCCCCN4CCN(c5ccc(C(=O)O)cc5)C[C@H]4CCO)cc3C2=O)C(=O)N1. The van der Waals surface area contributed by atoms with Gasteiger partial charge in [0, 0.05) is 44.4 Å². The predicted octanol–water partition coefficient (Wildman–Crippen LogP) is 1.91. The second kappa shape index (κ2) is 13.3. The van der Waals surface area contributed by atoms with E-state index < -0.39 is 35.6 Å². The largest absolute Gasteiger partial charge is 0.494 e. The van der Waals surface area contributed by atoms with Crippen LogP contribution in [0.5, 0.6) is 5.75 Å². The minimum absolute atomic E-state index is 0.0705. The van der Waals surface area contributed by atoms with Crippen molar-refractivity contribution in [2.45, 2.75) is 50.6 Å². The second-order valence-corrected chi connectivity index (χ2v) is 11.1. The Hall–Kier alpha value is -4.29. The highest BCUT2D eigenvalue weighted by molar-refractivity contribution is 6.23. The van der Waals surface area contributed by atoms with Gasteiger partial charge in [0.2, 0.25) is 11.8 Å². The van der Waals surface area contributed by atoms with Crippen LogP contribution < -0.4 is 15.0 Å². The topological polar surface area (TPSA) is 157 Å². The number of carboxylic acid groups (broad SMARTS) is 1. The molecule has 4 amide bonds. The number of hydrogen-bond acceptors (Lipinski definition) is 9. The van der Waals surface area contributed by atoms with Crippen molar-refractivity contribution in [3.63, 3.8) is 0 Å². The lowest BCUT2D eigenvalue weighted by Crippen LogP contribution is -2.54. The summed E-state index contributed by atoms with van der Waals surface area (Å²) in [4.78, 5) is 66.3. The minimum Gasteiger partial charge on any atom is -0.494 e. The maximum absolute atomic E-state index is 13.0. The summed E-state index contributed by atoms with van der Waals surface area (Å²) in [5, 5.41) is 21.0. The van der Waals surface area contributed by atoms with Crippen LogP contribution in [0.3, 0.4) is 0 Å². The number of piperazine rings is 1. The van der Waals surface area contributed by atoms with Crippen LogP contribution in [0, 0.1) is 0 Å². The molecule has 2 aromatic carbocycles. The first-order chi connectivity index (χ1) is 20.8. The molecule has 2 saturated heterocycles. The molecular weight excluding hydrogens is 556 g/mol. The quantitative estimate of drug-likeness (QED) is 0.246. The maximum Gasteiger partial charge on any atom is 0.335 e. The fourth-order valence-electron chi connectivity index (χ4n) is 5.98. The number of amides is 4. The zero-order chi connectivity index (χ0) is 30.5. The number of imide groups is 2. The summed E-state index contributed by atoms with van der Waals surface area (Å²) in [6, 6.07) is 10.8. The average Bonchev–Trinajstić information content (AvgIpc) is 3.24. The van der Waals surface area contributed by atoms with Crippen LogP contribution in [-0.4, -0.2) is 101 Å². The number of nitrogens with zero attached hydrogens (tertiary/aromatic N) is 3. The third kappa shape index (κ3) is 6.70. The van der Waals surface area contributed by atoms with Crippen molar-refractivity contribution in [3.05, 3.63) is 59.2 Å². The van der Waals surface area contributed by atoms with Crippen LogP contribution in [0.15, 0.2) is 42.5 Å². The van der Waals surface area contributed by atoms with Crippen molar-refractivity contribution in [1.29, 1.82) is 0 Å². The predicted molar refractivity (Wildman–Crippen MR) is 155 cm³/mol. The number of piperidine rings is 1. The first-order valence-electron chi connectivity index (χ1n) is 14.7. The number of hydrogen-bond donors (Lipinski definition) is 3. The number of rotatable bonds is 12. The number of nitrogens with one attached hydrogen (secondary N) is 1. The molecule has 3 aliphatic heterocycles. The molecule has 2 atom stereocenters. The lowest BCUT2D eigenvalue weighted by Gasteiger charge is -2.42. The van der Waals surface area contributed by atoms with E-state index in [-0.39, 0.29) is 42.2 Å². The molecule has 5 rings (SSSR count). The number of aliphatic hydroxyl groups excluding tert-OH is 1. The van der Waals surface area contributed by atoms with Gasteiger partial charge in [-0.1, -0.05) is 0 Å². The molecule has 12 heteroatoms. The molecule has 3 aliphatic rings. The first kappa shape index (κ1) is 30.2. The van der Waals surface area contributed by atoms with E-state index >= 15 is 0 Å². The van der Waals surface area contributed by atoms with Gasteiger partial charge in [0.25, 0.3) is 11.8 Å². The van der Waals surface area contributed by atoms with Crippen LogP contribution in [0.1, 0.15) is 69.6 Å². The van der Waals surface area contributed by atoms with Crippen molar-refractivity contribution >= 4 is 35.3 Å². The van der Waals surface area contributed by atoms with Crippen molar-refractivity contribution in [1.82, 2.24) is 15.1 Å². The Morgan fingerprint density at radius 3 is 2.44 bits per heavy atom. The molecule has 0 bridgehead atoms. The molecule has 3 heterocycles. The summed E-state index contributed by atoms with van der Waals surface area (Å²) in [6.45, 7) is 3.86. The fourth-order valence-corrected chi connectivity index (χ4v) is 5.98. The van der Waals surface area contributed by atoms with Crippen LogP contribution in [0.4, 0.5) is 5.69 Å². The van der Waals surface area contributed by atoms with Crippen molar-refractivity contribution in [3.8, 4) is 5.75 Å². The minimum atomic E-state index is -1.00. The number of carboxylic acids is 1. The smallest absolute Gasteiger partial charge is 0.335 e. The molecule has 2 aromatic rings. The monoisotopic (exact) mass is 592 g/mol. The number of aromatic carboxylic acids is 1. The highest BCUT2D eigenvalue weighted by atomic mass is 16.5. The Kier molecular flexibility index (Phi) is 9.37. The van der Waals surface area contributed by atoms with Crippen LogP contribution in [-0.2, 0) is 9.59 Å². The van der Waals surface area contributed by atoms with E-state index in [0.717, 1.165) is 56.0 Å². The molecular formula is C31H36N4O8. The highest BCUT2D eigenvalue weighted by Crippen LogP contribution is 2.30. The number of anilines is 1. The van der Waals surface area contributed by atoms with E-state index in [9.17, 15) is 29.1 Å². The summed E-state index contributed by atoms with van der Waals surface area (Å²) < 4.78 is 5.87. The van der Waals surface area contributed by atoms with Gasteiger partial charge < -0.3 is 19.8 Å². The van der Waals surface area contributed by atoms with Gasteiger partial charge in [0.05, 0.1) is 23.3 Å². The molecule has 0 spiro atoms. The van der Waals surface area contributed by atoms with Gasteiger partial charge in [-0.25, -0.2) is 4.79 Å². The summed E-state index contributed by atoms with van der Waals surface area (Å²) in [7, 11) is 0. The Balaban J connectivity index is 1.06. The van der Waals surface area contributed by atoms with Gasteiger partial charge in [-0.3, -0.25) is 34.3 Å². The van der Waals surface area contributed by atoms with E-state index in [0.29, 0.717) is 18.8 Å². The maximum atomic E-state index is 13.0. The van der Waals surface area contributed by atoms with Crippen molar-refractivity contribution in [2.24, 2.45) is 0 Å². The molecule has 1 unspecified atom stereocenters. The zero-order valence-corrected chi connectivity index (χ0v) is 23.9. The molecule has 12 nitrogen and oxygen atoms in total. The molecule has 43 heavy (non-hydrogen) atoms. The molecule has 2 fully saturated rings. The first-order valence-corrected chi connectivity index (χ1v) is 14.7. The molecule has 0 aromatic heterocycles. The van der Waals surface area contributed by atoms with E-state index in [2.05, 4.69) is 15.1 Å². The average molecular weight is 593 g/mol. The van der Waals surface area contributed by atoms with Gasteiger partial charge >= 0.3 is 5.97 Å². The summed E-state index contributed by atoms with van der Waals surface area (Å²) in [5.41, 5.74) is 1.65. The number of ether oxygens (including phenoxy) is 1. The van der Waals surface area contributed by atoms with E-state index in [1.165, 1.54) is 12.1 Å². The Morgan fingerprint density at radius 2 is 1.72 bits per heavy atom. The van der Waals surface area contributed by atoms with Gasteiger partial charge in [-0.2, -0.15) is 0 Å². The normalized spacial score (nSPS) is 20.8. The second-order valence-electron chi connectivity index (χ2n) is 11.1. The van der Waals surface area contributed by atoms with Crippen molar-refractivity contribution in [2.75, 3.05) is 44.3 Å². The van der Waals surface area contributed by atoms with Gasteiger partial charge in [0.1, 0.15) is 11.8 Å². The lowest BCUT2D eigenvalue weighted by molar-refractivity contribution is -0.136. The number of benzene rings is 2. The number of carbonyl (C=O) groups excluding carboxylic acids is 4. The van der Waals surface area contributed by atoms with E-state index in [1.54, 1.807) is 18.2 Å². The van der Waals surface area contributed by atoms with E-state index in [4.69, 9.17) is 9.84 Å². The third-order valence-electron chi connectivity index (χ3n) is 8.32. The van der Waals surface area contributed by atoms with Crippen LogP contribution in [0.25, 0.3) is 0 Å². The summed E-state index contributed by atoms with van der Waals surface area (Å²) in [5.74, 6) is -2.63. The number of fused-ring (bicyclic) bond motifs is 1. The van der Waals surface area contributed by atoms with Crippen LogP contribution in [0.2, 0.25) is 0 Å². The molecule has 0 aliphatic carbocycles. The highest BCUT2D eigenvalue weighted by Gasteiger charge is 2.44. The summed E-state index contributed by atoms with van der Waals surface area (Å²) >= 11 is 0. The Labute approximate surface area is 249 Å². The Morgan fingerprint density at radius 1 is 0.953 bits per heavy atom. The van der Waals surface area contributed by atoms with Crippen molar-refractivity contribution < 1.29 is 38.9 Å². The molecule has 3 N–H and O–H groups in total. The molecule has 228 valence electrons. The standard InChI is InChI=1S/C31H36N4O8/c36-16-12-22-19-34(21-6-4-20(5-7-21)31(41)42)15-14-33(22)13-2-1-3-17-43-23-8-9-24-25(18-23)30(40)35(29(24)39)26-10-11-27(37)32-28(26)38/h4-9,18,22,26,36H,1-3,10-17,19H2,(H,41,42)(H,32,37,38)/t22-,26?/m1/s1. The number of unbranched alkanes of at least 4 members (excludes halogenated alkanes) is 2. The third-order valence-corrected chi connectivity index (χ3v) is 8.32. The molecule has 0 saturated carbocycles. The summed E-state index contributed by atoms with van der Waals surface area (Å²) in [6.07, 6.45) is 3.52. The van der Waals surface area contributed by atoms with E-state index in [1.807, 2.05) is 12.1 Å².